The predicted octanol–water partition coefficient (Wildman–Crippen LogP) is 30.3. The molecule has 21 aromatic rings. The second-order valence-electron chi connectivity index (χ2n) is 27.9. The van der Waals surface area contributed by atoms with Gasteiger partial charge in [0.15, 0.2) is 0 Å². The van der Waals surface area contributed by atoms with Gasteiger partial charge in [-0.2, -0.15) is 0 Å². The molecule has 0 saturated heterocycles. The molecule has 2 heterocycles. The Hall–Kier alpha value is -13.9. The zero-order valence-corrected chi connectivity index (χ0v) is 59.8. The van der Waals surface area contributed by atoms with E-state index in [-0.39, 0.29) is 0 Å². The summed E-state index contributed by atoms with van der Waals surface area (Å²) < 4.78 is 8.79. The average Bonchev–Trinajstić information content (AvgIpc) is 0.954. The molecule has 0 aliphatic carbocycles. The average molecular weight is 1390 g/mol. The summed E-state index contributed by atoms with van der Waals surface area (Å²) in [5.74, 6) is 0. The Kier molecular flexibility index (Phi) is 16.1. The Morgan fingerprint density at radius 1 is 0.176 bits per heavy atom. The van der Waals surface area contributed by atoms with Gasteiger partial charge in [-0.05, 0) is 230 Å². The summed E-state index contributed by atoms with van der Waals surface area (Å²) in [6.45, 7) is 0. The Morgan fingerprint density at radius 2 is 0.565 bits per heavy atom. The van der Waals surface area contributed by atoms with Crippen LogP contribution in [0.4, 0.5) is 34.1 Å². The molecule has 0 N–H and O–H groups in total. The zero-order valence-electron chi connectivity index (χ0n) is 59.0. The lowest BCUT2D eigenvalue weighted by Gasteiger charge is -2.28. The molecule has 0 atom stereocenters. The van der Waals surface area contributed by atoms with E-state index in [9.17, 15) is 0 Å². The normalized spacial score (nSPS) is 11.5. The summed E-state index contributed by atoms with van der Waals surface area (Å²) in [6, 6.07) is 150. The summed E-state index contributed by atoms with van der Waals surface area (Å²) in [4.78, 5) is 4.76. The number of furan rings is 1. The molecule has 0 saturated carbocycles. The van der Waals surface area contributed by atoms with Crippen molar-refractivity contribution in [2.24, 2.45) is 0 Å². The van der Waals surface area contributed by atoms with E-state index in [1.807, 2.05) is 23.5 Å². The number of nitrogens with zero attached hydrogens (tertiary/aromatic N) is 2. The maximum Gasteiger partial charge on any atom is 0.135 e. The summed E-state index contributed by atoms with van der Waals surface area (Å²) in [5.41, 5.74) is 22.9. The first-order chi connectivity index (χ1) is 53.5. The Bertz CT molecular complexity index is 6960. The van der Waals surface area contributed by atoms with Gasteiger partial charge in [-0.15, -0.1) is 11.3 Å². The molecule has 0 spiro atoms. The van der Waals surface area contributed by atoms with Gasteiger partial charge in [0.2, 0.25) is 0 Å². The van der Waals surface area contributed by atoms with Gasteiger partial charge in [0.1, 0.15) is 11.2 Å². The highest BCUT2D eigenvalue weighted by Crippen LogP contribution is 2.46. The minimum Gasteiger partial charge on any atom is -0.456 e. The first kappa shape index (κ1) is 63.8. The number of hydrogen-bond acceptors (Lipinski definition) is 4. The zero-order chi connectivity index (χ0) is 71.4. The molecule has 21 rings (SSSR count). The van der Waals surface area contributed by atoms with Gasteiger partial charge < -0.3 is 14.2 Å². The number of hydrogen-bond donors (Lipinski definition) is 0. The fourth-order valence-corrected chi connectivity index (χ4v) is 17.2. The number of para-hydroxylation sites is 1. The topological polar surface area (TPSA) is 19.6 Å². The molecule has 0 bridgehead atoms. The van der Waals surface area contributed by atoms with E-state index < -0.39 is 0 Å². The highest BCUT2D eigenvalue weighted by atomic mass is 32.1. The largest absolute Gasteiger partial charge is 0.456 e. The van der Waals surface area contributed by atoms with E-state index in [1.54, 1.807) is 0 Å². The van der Waals surface area contributed by atoms with Crippen molar-refractivity contribution in [2.75, 3.05) is 9.80 Å². The molecule has 0 amide bonds. The molecule has 0 unspecified atom stereocenters. The fourth-order valence-electron chi connectivity index (χ4n) is 16.1. The van der Waals surface area contributed by atoms with Gasteiger partial charge in [0.25, 0.3) is 0 Å². The number of fused-ring (bicyclic) bond motifs is 13. The van der Waals surface area contributed by atoms with E-state index in [4.69, 9.17) is 4.42 Å². The van der Waals surface area contributed by atoms with Crippen molar-refractivity contribution in [1.82, 2.24) is 0 Å². The third kappa shape index (κ3) is 11.8. The Morgan fingerprint density at radius 3 is 1.19 bits per heavy atom. The summed E-state index contributed by atoms with van der Waals surface area (Å²) >= 11 is 1.86. The molecule has 506 valence electrons. The van der Waals surface area contributed by atoms with Gasteiger partial charge in [0, 0.05) is 64.8 Å². The van der Waals surface area contributed by atoms with Crippen LogP contribution in [0.1, 0.15) is 0 Å². The van der Waals surface area contributed by atoms with Crippen LogP contribution in [-0.2, 0) is 0 Å². The van der Waals surface area contributed by atoms with E-state index in [1.165, 1.54) is 130 Å². The van der Waals surface area contributed by atoms with Gasteiger partial charge in [-0.1, -0.05) is 297 Å². The van der Waals surface area contributed by atoms with Crippen LogP contribution >= 0.6 is 11.3 Å². The minimum atomic E-state index is 0.907. The molecule has 2 aromatic heterocycles. The number of anilines is 6. The van der Waals surface area contributed by atoms with Gasteiger partial charge in [-0.25, -0.2) is 0 Å². The standard InChI is InChI=1S/C54H35NO.C50H33NS/c1-2-10-36(11-3-1)37-20-26-43(27-21-37)55(44-28-22-38(23-29-44)40-25-33-54-51(35-40)50-16-8-9-17-53(50)56-54)52-32-31-47(48-14-6-7-15-49(48)52)42-24-30-46-41(34-42)19-18-39-12-4-5-13-45(39)46;1-2-9-34(10-3-1)38-12-8-13-44(32-38)51(43-27-21-36(22-28-43)40-24-30-50-48(33-40)47-15-6-7-16-49(47)52-50)42-25-19-35(20-26-42)39-23-29-46-41(31-39)18-17-37-11-4-5-14-45(37)46/h1-35H;1-33H. The second-order valence-corrected chi connectivity index (χ2v) is 29.0. The number of benzene rings is 19. The number of thiophene rings is 1. The lowest BCUT2D eigenvalue weighted by atomic mass is 9.93. The molecular weight excluding hydrogens is 1330 g/mol. The first-order valence-electron chi connectivity index (χ1n) is 36.9. The van der Waals surface area contributed by atoms with Crippen molar-refractivity contribution >= 4 is 141 Å². The van der Waals surface area contributed by atoms with Crippen LogP contribution in [0.2, 0.25) is 0 Å². The minimum absolute atomic E-state index is 0.907. The van der Waals surface area contributed by atoms with E-state index >= 15 is 0 Å². The lowest BCUT2D eigenvalue weighted by Crippen LogP contribution is -2.10. The SMILES string of the molecule is c1ccc(-c2ccc(N(c3ccc(-c4ccc5oc6ccccc6c5c4)cc3)c3ccc(-c4ccc5c(ccc6ccccc65)c4)c4ccccc34)cc2)cc1.c1ccc(-c2cccc(N(c3ccc(-c4ccc5c(ccc6ccccc65)c4)cc3)c3ccc(-c4ccc5sc6ccccc6c5c4)cc3)c2)cc1. The molecule has 0 aliphatic rings. The summed E-state index contributed by atoms with van der Waals surface area (Å²) in [7, 11) is 0. The third-order valence-corrected chi connectivity index (χ3v) is 22.7. The smallest absolute Gasteiger partial charge is 0.135 e. The molecule has 19 aromatic carbocycles. The molecule has 108 heavy (non-hydrogen) atoms. The number of rotatable bonds is 12. The molecule has 0 radical (unpaired) electrons. The van der Waals surface area contributed by atoms with Crippen LogP contribution in [0.25, 0.3) is 163 Å². The maximum absolute atomic E-state index is 6.13. The predicted molar refractivity (Wildman–Crippen MR) is 463 cm³/mol. The van der Waals surface area contributed by atoms with Crippen LogP contribution in [-0.4, -0.2) is 0 Å². The molecular formula is C104H68N2OS. The second kappa shape index (κ2) is 27.3. The van der Waals surface area contributed by atoms with Crippen molar-refractivity contribution in [3.8, 4) is 66.8 Å². The monoisotopic (exact) mass is 1390 g/mol. The molecule has 0 fully saturated rings. The van der Waals surface area contributed by atoms with Crippen molar-refractivity contribution < 1.29 is 4.42 Å². The first-order valence-corrected chi connectivity index (χ1v) is 37.7. The van der Waals surface area contributed by atoms with Crippen LogP contribution in [0, 0.1) is 0 Å². The summed E-state index contributed by atoms with van der Waals surface area (Å²) in [6.07, 6.45) is 0. The Labute approximate surface area is 630 Å². The van der Waals surface area contributed by atoms with Crippen LogP contribution in [0.5, 0.6) is 0 Å². The summed E-state index contributed by atoms with van der Waals surface area (Å²) in [5, 5.41) is 17.5. The Balaban J connectivity index is 0.000000143. The van der Waals surface area contributed by atoms with Crippen molar-refractivity contribution in [1.29, 1.82) is 0 Å². The maximum atomic E-state index is 6.13. The van der Waals surface area contributed by atoms with Crippen molar-refractivity contribution in [2.45, 2.75) is 0 Å². The van der Waals surface area contributed by atoms with Crippen molar-refractivity contribution in [3.63, 3.8) is 0 Å². The quantitative estimate of drug-likeness (QED) is 0.114. The highest BCUT2D eigenvalue weighted by Gasteiger charge is 2.21. The van der Waals surface area contributed by atoms with E-state index in [0.717, 1.165) is 67.2 Å². The van der Waals surface area contributed by atoms with Gasteiger partial charge in [0.05, 0.1) is 5.69 Å². The lowest BCUT2D eigenvalue weighted by molar-refractivity contribution is 0.669. The molecule has 0 aliphatic heterocycles. The fraction of sp³-hybridized carbons (Fsp3) is 0. The highest BCUT2D eigenvalue weighted by molar-refractivity contribution is 7.25. The van der Waals surface area contributed by atoms with Crippen molar-refractivity contribution in [3.05, 3.63) is 413 Å². The molecule has 3 nitrogen and oxygen atoms in total. The van der Waals surface area contributed by atoms with Gasteiger partial charge >= 0.3 is 0 Å². The van der Waals surface area contributed by atoms with E-state index in [0.29, 0.717) is 0 Å². The van der Waals surface area contributed by atoms with E-state index in [2.05, 4.69) is 410 Å². The van der Waals surface area contributed by atoms with Crippen LogP contribution in [0.3, 0.4) is 0 Å². The van der Waals surface area contributed by atoms with Crippen LogP contribution in [0.15, 0.2) is 417 Å². The van der Waals surface area contributed by atoms with Crippen LogP contribution < -0.4 is 9.80 Å². The van der Waals surface area contributed by atoms with Gasteiger partial charge in [-0.3, -0.25) is 0 Å². The molecule has 4 heteroatoms. The third-order valence-electron chi connectivity index (χ3n) is 21.5.